The van der Waals surface area contributed by atoms with Gasteiger partial charge in [0, 0.05) is 19.6 Å². The molecule has 0 saturated heterocycles. The Hall–Kier alpha value is -1.76. The van der Waals surface area contributed by atoms with Crippen LogP contribution in [0.15, 0.2) is 12.4 Å². The molecule has 0 atom stereocenters. The largest absolute Gasteiger partial charge is 0.340 e. The summed E-state index contributed by atoms with van der Waals surface area (Å²) in [6, 6.07) is 0. The molecule has 0 aromatic carbocycles. The second-order valence-electron chi connectivity index (χ2n) is 2.87. The molecule has 0 bridgehead atoms. The molecule has 82 valence electrons. The number of anilines is 1. The van der Waals surface area contributed by atoms with E-state index in [1.165, 1.54) is 12.4 Å². The van der Waals surface area contributed by atoms with E-state index in [-0.39, 0.29) is 5.69 Å². The molecule has 15 heavy (non-hydrogen) atoms. The van der Waals surface area contributed by atoms with E-state index < -0.39 is 4.92 Å². The van der Waals surface area contributed by atoms with Crippen molar-refractivity contribution in [3.63, 3.8) is 0 Å². The molecule has 0 saturated carbocycles. The summed E-state index contributed by atoms with van der Waals surface area (Å²) in [7, 11) is 0. The zero-order valence-corrected chi connectivity index (χ0v) is 8.46. The lowest BCUT2D eigenvalue weighted by atomic mass is 10.5. The van der Waals surface area contributed by atoms with Crippen molar-refractivity contribution >= 4 is 11.6 Å². The maximum absolute atomic E-state index is 10.4. The molecule has 1 rings (SSSR count). The minimum absolute atomic E-state index is 0.109. The van der Waals surface area contributed by atoms with Crippen LogP contribution in [0.4, 0.5) is 11.6 Å². The van der Waals surface area contributed by atoms with Crippen LogP contribution in [0.2, 0.25) is 0 Å². The zero-order chi connectivity index (χ0) is 11.3. The van der Waals surface area contributed by atoms with E-state index in [4.69, 9.17) is 5.73 Å². The Kier molecular flexibility index (Phi) is 3.92. The first-order valence-corrected chi connectivity index (χ1v) is 4.60. The van der Waals surface area contributed by atoms with Crippen LogP contribution in [-0.4, -0.2) is 34.5 Å². The van der Waals surface area contributed by atoms with Crippen molar-refractivity contribution in [1.82, 2.24) is 9.97 Å². The van der Waals surface area contributed by atoms with Gasteiger partial charge in [-0.25, -0.2) is 9.97 Å². The minimum atomic E-state index is -0.525. The molecule has 1 aromatic heterocycles. The second-order valence-corrected chi connectivity index (χ2v) is 2.87. The second kappa shape index (κ2) is 5.20. The lowest BCUT2D eigenvalue weighted by Gasteiger charge is -2.18. The Labute approximate surface area is 87.1 Å². The highest BCUT2D eigenvalue weighted by Crippen LogP contribution is 2.11. The van der Waals surface area contributed by atoms with Gasteiger partial charge in [0.2, 0.25) is 5.95 Å². The van der Waals surface area contributed by atoms with Gasteiger partial charge in [0.15, 0.2) is 0 Å². The third-order valence-corrected chi connectivity index (χ3v) is 1.90. The SMILES string of the molecule is CCN(CCN)c1ncc([N+](=O)[O-])cn1. The van der Waals surface area contributed by atoms with Crippen LogP contribution in [0, 0.1) is 10.1 Å². The average Bonchev–Trinajstić information content (AvgIpc) is 2.26. The van der Waals surface area contributed by atoms with Crippen molar-refractivity contribution in [2.24, 2.45) is 5.73 Å². The molecular formula is C8H13N5O2. The summed E-state index contributed by atoms with van der Waals surface area (Å²) in [6.45, 7) is 3.79. The highest BCUT2D eigenvalue weighted by molar-refractivity contribution is 5.33. The molecule has 1 heterocycles. The number of hydrogen-bond donors (Lipinski definition) is 1. The standard InChI is InChI=1S/C8H13N5O2/c1-2-12(4-3-9)8-10-5-7(6-11-8)13(14)15/h5-6H,2-4,9H2,1H3. The molecule has 0 aliphatic heterocycles. The van der Waals surface area contributed by atoms with Crippen molar-refractivity contribution in [1.29, 1.82) is 0 Å². The van der Waals surface area contributed by atoms with Crippen LogP contribution in [0.1, 0.15) is 6.92 Å². The third kappa shape index (κ3) is 2.84. The number of nitrogens with zero attached hydrogens (tertiary/aromatic N) is 4. The summed E-state index contributed by atoms with van der Waals surface area (Å²) < 4.78 is 0. The van der Waals surface area contributed by atoms with Crippen LogP contribution < -0.4 is 10.6 Å². The first-order valence-electron chi connectivity index (χ1n) is 4.60. The Morgan fingerprint density at radius 1 is 1.53 bits per heavy atom. The van der Waals surface area contributed by atoms with E-state index >= 15 is 0 Å². The number of likely N-dealkylation sites (N-methyl/N-ethyl adjacent to an activating group) is 1. The van der Waals surface area contributed by atoms with Crippen LogP contribution in [0.5, 0.6) is 0 Å². The number of nitrogens with two attached hydrogens (primary N) is 1. The molecule has 0 aliphatic rings. The molecule has 0 amide bonds. The lowest BCUT2D eigenvalue weighted by molar-refractivity contribution is -0.385. The highest BCUT2D eigenvalue weighted by Gasteiger charge is 2.10. The molecular weight excluding hydrogens is 198 g/mol. The smallest absolute Gasteiger partial charge is 0.305 e. The molecule has 0 unspecified atom stereocenters. The highest BCUT2D eigenvalue weighted by atomic mass is 16.6. The molecule has 0 fully saturated rings. The van der Waals surface area contributed by atoms with Gasteiger partial charge in [0.25, 0.3) is 0 Å². The zero-order valence-electron chi connectivity index (χ0n) is 8.46. The Balaban J connectivity index is 2.81. The molecule has 0 radical (unpaired) electrons. The van der Waals surface area contributed by atoms with E-state index in [0.717, 1.165) is 6.54 Å². The summed E-state index contributed by atoms with van der Waals surface area (Å²) in [5.41, 5.74) is 5.31. The molecule has 2 N–H and O–H groups in total. The number of nitro groups is 1. The van der Waals surface area contributed by atoms with E-state index in [0.29, 0.717) is 19.0 Å². The maximum Gasteiger partial charge on any atom is 0.305 e. The fourth-order valence-corrected chi connectivity index (χ4v) is 1.13. The van der Waals surface area contributed by atoms with Gasteiger partial charge in [-0.05, 0) is 6.92 Å². The number of rotatable bonds is 5. The van der Waals surface area contributed by atoms with E-state index in [9.17, 15) is 10.1 Å². The van der Waals surface area contributed by atoms with Crippen molar-refractivity contribution in [2.45, 2.75) is 6.92 Å². The average molecular weight is 211 g/mol. The first-order chi connectivity index (χ1) is 7.19. The van der Waals surface area contributed by atoms with Gasteiger partial charge in [0.1, 0.15) is 12.4 Å². The Bertz CT molecular complexity index is 326. The van der Waals surface area contributed by atoms with E-state index in [2.05, 4.69) is 9.97 Å². The molecule has 0 aliphatic carbocycles. The van der Waals surface area contributed by atoms with Gasteiger partial charge in [0.05, 0.1) is 4.92 Å². The van der Waals surface area contributed by atoms with Crippen molar-refractivity contribution in [3.8, 4) is 0 Å². The minimum Gasteiger partial charge on any atom is -0.340 e. The fraction of sp³-hybridized carbons (Fsp3) is 0.500. The van der Waals surface area contributed by atoms with Gasteiger partial charge < -0.3 is 10.6 Å². The van der Waals surface area contributed by atoms with Crippen LogP contribution >= 0.6 is 0 Å². The summed E-state index contributed by atoms with van der Waals surface area (Å²) in [5.74, 6) is 0.466. The van der Waals surface area contributed by atoms with Crippen molar-refractivity contribution < 1.29 is 4.92 Å². The number of aromatic nitrogens is 2. The lowest BCUT2D eigenvalue weighted by Crippen LogP contribution is -2.30. The third-order valence-electron chi connectivity index (χ3n) is 1.90. The topological polar surface area (TPSA) is 98.2 Å². The van der Waals surface area contributed by atoms with Gasteiger partial charge in [-0.1, -0.05) is 0 Å². The maximum atomic E-state index is 10.4. The normalized spacial score (nSPS) is 10.0. The van der Waals surface area contributed by atoms with Gasteiger partial charge in [-0.3, -0.25) is 10.1 Å². The summed E-state index contributed by atoms with van der Waals surface area (Å²) in [4.78, 5) is 19.5. The first kappa shape index (κ1) is 11.3. The number of hydrogen-bond acceptors (Lipinski definition) is 6. The molecule has 0 spiro atoms. The fourth-order valence-electron chi connectivity index (χ4n) is 1.13. The van der Waals surface area contributed by atoms with Crippen LogP contribution in [-0.2, 0) is 0 Å². The Morgan fingerprint density at radius 3 is 2.53 bits per heavy atom. The predicted molar refractivity (Wildman–Crippen MR) is 55.6 cm³/mol. The van der Waals surface area contributed by atoms with Gasteiger partial charge in [-0.2, -0.15) is 0 Å². The van der Waals surface area contributed by atoms with E-state index in [1.54, 1.807) is 0 Å². The van der Waals surface area contributed by atoms with E-state index in [1.807, 2.05) is 11.8 Å². The summed E-state index contributed by atoms with van der Waals surface area (Å²) in [6.07, 6.45) is 2.39. The van der Waals surface area contributed by atoms with Gasteiger partial charge >= 0.3 is 5.69 Å². The summed E-state index contributed by atoms with van der Waals surface area (Å²) >= 11 is 0. The van der Waals surface area contributed by atoms with Gasteiger partial charge in [-0.15, -0.1) is 0 Å². The predicted octanol–water partition coefficient (Wildman–Crippen LogP) is 0.170. The summed E-state index contributed by atoms with van der Waals surface area (Å²) in [5, 5.41) is 10.4. The molecule has 7 heteroatoms. The quantitative estimate of drug-likeness (QED) is 0.550. The molecule has 1 aromatic rings. The Morgan fingerprint density at radius 2 is 2.13 bits per heavy atom. The monoisotopic (exact) mass is 211 g/mol. The van der Waals surface area contributed by atoms with Crippen molar-refractivity contribution in [2.75, 3.05) is 24.5 Å². The van der Waals surface area contributed by atoms with Crippen LogP contribution in [0.3, 0.4) is 0 Å². The van der Waals surface area contributed by atoms with Crippen molar-refractivity contribution in [3.05, 3.63) is 22.5 Å². The molecule has 7 nitrogen and oxygen atoms in total. The van der Waals surface area contributed by atoms with Crippen LogP contribution in [0.25, 0.3) is 0 Å².